The summed E-state index contributed by atoms with van der Waals surface area (Å²) in [5, 5.41) is 11.7. The highest BCUT2D eigenvalue weighted by Crippen LogP contribution is 2.25. The van der Waals surface area contributed by atoms with Crippen LogP contribution < -0.4 is 10.2 Å². The summed E-state index contributed by atoms with van der Waals surface area (Å²) in [4.78, 5) is 28.8. The lowest BCUT2D eigenvalue weighted by Crippen LogP contribution is -2.42. The second-order valence-electron chi connectivity index (χ2n) is 7.84. The van der Waals surface area contributed by atoms with Crippen LogP contribution in [0.1, 0.15) is 25.7 Å². The number of rotatable bonds is 6. The Balaban J connectivity index is 1.23. The van der Waals surface area contributed by atoms with Gasteiger partial charge in [0.25, 0.3) is 0 Å². The Hall–Kier alpha value is -2.68. The largest absolute Gasteiger partial charge is 0.355 e. The summed E-state index contributed by atoms with van der Waals surface area (Å²) in [6, 6.07) is 9.80. The average molecular weight is 444 g/mol. The summed E-state index contributed by atoms with van der Waals surface area (Å²) < 4.78 is 13.6. The van der Waals surface area contributed by atoms with Crippen LogP contribution in [0.5, 0.6) is 0 Å². The number of aromatic nitrogens is 2. The van der Waals surface area contributed by atoms with Crippen LogP contribution in [-0.4, -0.2) is 58.8 Å². The van der Waals surface area contributed by atoms with Crippen LogP contribution in [0, 0.1) is 11.7 Å². The van der Waals surface area contributed by atoms with E-state index in [0.29, 0.717) is 10.9 Å². The van der Waals surface area contributed by atoms with Gasteiger partial charge in [-0.2, -0.15) is 0 Å². The summed E-state index contributed by atoms with van der Waals surface area (Å²) in [7, 11) is 0. The summed E-state index contributed by atoms with van der Waals surface area (Å²) in [5.41, 5.74) is 0.168. The number of para-hydroxylation sites is 1. The minimum absolute atomic E-state index is 0.116. The molecule has 0 spiro atoms. The summed E-state index contributed by atoms with van der Waals surface area (Å²) in [5.74, 6) is 0.564. The molecule has 9 heteroatoms. The summed E-state index contributed by atoms with van der Waals surface area (Å²) >= 11 is 1.25. The van der Waals surface area contributed by atoms with E-state index in [2.05, 4.69) is 20.4 Å². The maximum atomic E-state index is 13.6. The quantitative estimate of drug-likeness (QED) is 0.691. The fraction of sp³-hybridized carbons (Fsp3) is 0.455. The van der Waals surface area contributed by atoms with Crippen LogP contribution in [-0.2, 0) is 9.59 Å². The number of halogens is 1. The molecule has 4 rings (SSSR count). The fourth-order valence-corrected chi connectivity index (χ4v) is 4.61. The molecule has 3 heterocycles. The first-order valence-electron chi connectivity index (χ1n) is 10.6. The molecular weight excluding hydrogens is 417 g/mol. The topological polar surface area (TPSA) is 78.4 Å². The van der Waals surface area contributed by atoms with Crippen LogP contribution >= 0.6 is 11.8 Å². The van der Waals surface area contributed by atoms with Gasteiger partial charge in [0, 0.05) is 32.1 Å². The molecule has 0 bridgehead atoms. The minimum atomic E-state index is -0.462. The molecule has 0 saturated carbocycles. The van der Waals surface area contributed by atoms with Gasteiger partial charge in [0.1, 0.15) is 10.8 Å². The first-order chi connectivity index (χ1) is 15.1. The Kier molecular flexibility index (Phi) is 7.01. The fourth-order valence-electron chi connectivity index (χ4n) is 4.00. The van der Waals surface area contributed by atoms with Gasteiger partial charge in [0.15, 0.2) is 5.82 Å². The monoisotopic (exact) mass is 443 g/mol. The van der Waals surface area contributed by atoms with Crippen LogP contribution in [0.3, 0.4) is 0 Å². The zero-order valence-electron chi connectivity index (χ0n) is 17.3. The van der Waals surface area contributed by atoms with E-state index in [1.165, 1.54) is 23.9 Å². The van der Waals surface area contributed by atoms with Crippen LogP contribution in [0.4, 0.5) is 15.9 Å². The van der Waals surface area contributed by atoms with Crippen molar-refractivity contribution in [3.05, 3.63) is 42.2 Å². The lowest BCUT2D eigenvalue weighted by molar-refractivity contribution is -0.135. The third-order valence-corrected chi connectivity index (χ3v) is 6.63. The lowest BCUT2D eigenvalue weighted by atomic mass is 9.95. The molecule has 31 heavy (non-hydrogen) atoms. The van der Waals surface area contributed by atoms with Gasteiger partial charge in [-0.1, -0.05) is 23.9 Å². The van der Waals surface area contributed by atoms with E-state index in [1.54, 1.807) is 12.1 Å². The number of carbonyl (C=O) groups excluding carboxylic acids is 2. The van der Waals surface area contributed by atoms with Gasteiger partial charge in [-0.15, -0.1) is 10.2 Å². The number of hydrogen-bond donors (Lipinski definition) is 1. The first-order valence-corrected chi connectivity index (χ1v) is 11.6. The molecule has 2 aromatic rings. The van der Waals surface area contributed by atoms with Gasteiger partial charge in [-0.25, -0.2) is 4.39 Å². The van der Waals surface area contributed by atoms with Crippen molar-refractivity contribution in [2.24, 2.45) is 5.92 Å². The van der Waals surface area contributed by atoms with E-state index in [4.69, 9.17) is 0 Å². The highest BCUT2D eigenvalue weighted by Gasteiger charge is 2.30. The van der Waals surface area contributed by atoms with Crippen molar-refractivity contribution < 1.29 is 14.0 Å². The highest BCUT2D eigenvalue weighted by molar-refractivity contribution is 7.99. The molecular formula is C22H26FN5O2S. The molecule has 1 aromatic heterocycles. The highest BCUT2D eigenvalue weighted by atomic mass is 32.2. The third kappa shape index (κ3) is 5.52. The Bertz CT molecular complexity index is 912. The molecule has 1 aromatic carbocycles. The van der Waals surface area contributed by atoms with Gasteiger partial charge in [0.05, 0.1) is 11.4 Å². The second-order valence-corrected chi connectivity index (χ2v) is 8.84. The predicted molar refractivity (Wildman–Crippen MR) is 119 cm³/mol. The van der Waals surface area contributed by atoms with E-state index >= 15 is 0 Å². The number of hydrogen-bond acceptors (Lipinski definition) is 6. The van der Waals surface area contributed by atoms with E-state index in [9.17, 15) is 14.0 Å². The molecule has 2 aliphatic heterocycles. The number of amides is 2. The zero-order chi connectivity index (χ0) is 21.6. The third-order valence-electron chi connectivity index (χ3n) is 5.71. The van der Waals surface area contributed by atoms with Crippen molar-refractivity contribution in [1.82, 2.24) is 15.1 Å². The van der Waals surface area contributed by atoms with Crippen LogP contribution in [0.2, 0.25) is 0 Å². The Morgan fingerprint density at radius 1 is 1.03 bits per heavy atom. The number of carbonyl (C=O) groups is 2. The number of anilines is 2. The molecule has 0 radical (unpaired) electrons. The van der Waals surface area contributed by atoms with E-state index in [1.807, 2.05) is 17.0 Å². The Morgan fingerprint density at radius 2 is 1.77 bits per heavy atom. The Morgan fingerprint density at radius 3 is 2.45 bits per heavy atom. The molecule has 164 valence electrons. The molecule has 7 nitrogen and oxygen atoms in total. The zero-order valence-corrected chi connectivity index (χ0v) is 18.1. The first kappa shape index (κ1) is 21.5. The van der Waals surface area contributed by atoms with Crippen LogP contribution in [0.25, 0.3) is 0 Å². The van der Waals surface area contributed by atoms with Gasteiger partial charge >= 0.3 is 0 Å². The maximum absolute atomic E-state index is 13.6. The van der Waals surface area contributed by atoms with E-state index in [0.717, 1.165) is 57.7 Å². The molecule has 0 aliphatic carbocycles. The SMILES string of the molecule is O=C(CSc1ccc(N2CCC(C(=O)N3CCCC3)CC2)nn1)Nc1ccccc1F. The Labute approximate surface area is 185 Å². The molecule has 0 unspecified atom stereocenters. The molecule has 1 N–H and O–H groups in total. The number of thioether (sulfide) groups is 1. The van der Waals surface area contributed by atoms with Crippen molar-refractivity contribution in [2.45, 2.75) is 30.7 Å². The van der Waals surface area contributed by atoms with Crippen molar-refractivity contribution >= 4 is 35.1 Å². The standard InChI is InChI=1S/C22H26FN5O2S/c23-17-5-1-2-6-18(17)24-20(29)15-31-21-8-7-19(25-26-21)27-13-9-16(10-14-27)22(30)28-11-3-4-12-28/h1-2,5-8,16H,3-4,9-15H2,(H,24,29). The number of benzene rings is 1. The van der Waals surface area contributed by atoms with Crippen molar-refractivity contribution in [3.8, 4) is 0 Å². The smallest absolute Gasteiger partial charge is 0.234 e. The molecule has 2 fully saturated rings. The maximum Gasteiger partial charge on any atom is 0.234 e. The number of piperidine rings is 1. The molecule has 2 saturated heterocycles. The van der Waals surface area contributed by atoms with Gasteiger partial charge < -0.3 is 15.1 Å². The van der Waals surface area contributed by atoms with E-state index in [-0.39, 0.29) is 23.3 Å². The predicted octanol–water partition coefficient (Wildman–Crippen LogP) is 3.19. The number of nitrogens with zero attached hydrogens (tertiary/aromatic N) is 4. The number of likely N-dealkylation sites (tertiary alicyclic amines) is 1. The van der Waals surface area contributed by atoms with E-state index < -0.39 is 5.82 Å². The van der Waals surface area contributed by atoms with Crippen LogP contribution in [0.15, 0.2) is 41.4 Å². The van der Waals surface area contributed by atoms with Crippen molar-refractivity contribution in [3.63, 3.8) is 0 Å². The second kappa shape index (κ2) is 10.1. The molecule has 0 atom stereocenters. The van der Waals surface area contributed by atoms with Gasteiger partial charge in [-0.3, -0.25) is 9.59 Å². The molecule has 2 aliphatic rings. The lowest BCUT2D eigenvalue weighted by Gasteiger charge is -2.33. The normalized spacial score (nSPS) is 17.1. The minimum Gasteiger partial charge on any atom is -0.355 e. The number of nitrogens with one attached hydrogen (secondary N) is 1. The van der Waals surface area contributed by atoms with Crippen molar-refractivity contribution in [1.29, 1.82) is 0 Å². The van der Waals surface area contributed by atoms with Crippen molar-refractivity contribution in [2.75, 3.05) is 42.1 Å². The molecule has 2 amide bonds. The van der Waals surface area contributed by atoms with Gasteiger partial charge in [-0.05, 0) is 49.9 Å². The summed E-state index contributed by atoms with van der Waals surface area (Å²) in [6.07, 6.45) is 3.91. The van der Waals surface area contributed by atoms with Gasteiger partial charge in [0.2, 0.25) is 11.8 Å². The average Bonchev–Trinajstić information content (AvgIpc) is 3.34. The summed E-state index contributed by atoms with van der Waals surface area (Å²) in [6.45, 7) is 3.39.